The maximum absolute atomic E-state index is 11.5. The van der Waals surface area contributed by atoms with E-state index in [0.29, 0.717) is 11.3 Å². The Hall–Kier alpha value is -1.81. The van der Waals surface area contributed by atoms with E-state index in [1.54, 1.807) is 13.2 Å². The highest BCUT2D eigenvalue weighted by Gasteiger charge is 2.12. The minimum atomic E-state index is -0.122. The van der Waals surface area contributed by atoms with Gasteiger partial charge in [0.25, 0.3) is 0 Å². The van der Waals surface area contributed by atoms with E-state index in [9.17, 15) is 4.79 Å². The third-order valence-electron chi connectivity index (χ3n) is 2.36. The monoisotopic (exact) mass is 204 g/mol. The average molecular weight is 204 g/mol. The Kier molecular flexibility index (Phi) is 2.43. The van der Waals surface area contributed by atoms with Crippen LogP contribution in [0.3, 0.4) is 0 Å². The van der Waals surface area contributed by atoms with Crippen molar-refractivity contribution in [2.45, 2.75) is 0 Å². The maximum atomic E-state index is 11.5. The van der Waals surface area contributed by atoms with Gasteiger partial charge in [-0.2, -0.15) is 0 Å². The Morgan fingerprint density at radius 1 is 1.53 bits per heavy atom. The normalized spacial score (nSPS) is 10.5. The Morgan fingerprint density at radius 2 is 2.33 bits per heavy atom. The zero-order valence-electron chi connectivity index (χ0n) is 8.41. The number of H-pyrrole nitrogens is 1. The van der Waals surface area contributed by atoms with Gasteiger partial charge in [-0.3, -0.25) is 4.79 Å². The highest BCUT2D eigenvalue weighted by molar-refractivity contribution is 6.03. The molecule has 3 N–H and O–H groups in total. The first kappa shape index (κ1) is 9.73. The lowest BCUT2D eigenvalue weighted by molar-refractivity contribution is 0.0998. The van der Waals surface area contributed by atoms with E-state index < -0.39 is 0 Å². The number of Topliss-reactive ketones (excluding diaryl/α,β-unsaturated/α-hetero) is 1. The minimum absolute atomic E-state index is 0.0113. The first-order chi connectivity index (χ1) is 7.26. The van der Waals surface area contributed by atoms with Crippen molar-refractivity contribution in [1.82, 2.24) is 4.98 Å². The molecule has 1 heterocycles. The van der Waals surface area contributed by atoms with Crippen LogP contribution in [-0.4, -0.2) is 24.4 Å². The van der Waals surface area contributed by atoms with Crippen LogP contribution in [-0.2, 0) is 0 Å². The first-order valence-electron chi connectivity index (χ1n) is 4.64. The molecular weight excluding hydrogens is 192 g/mol. The summed E-state index contributed by atoms with van der Waals surface area (Å²) in [6.07, 6.45) is 1.82. The van der Waals surface area contributed by atoms with Crippen LogP contribution in [0.5, 0.6) is 5.75 Å². The number of hydrogen-bond donors (Lipinski definition) is 2. The first-order valence-corrected chi connectivity index (χ1v) is 4.64. The third-order valence-corrected chi connectivity index (χ3v) is 2.36. The summed E-state index contributed by atoms with van der Waals surface area (Å²) in [5.41, 5.74) is 6.76. The van der Waals surface area contributed by atoms with Crippen LogP contribution < -0.4 is 10.5 Å². The highest BCUT2D eigenvalue weighted by Crippen LogP contribution is 2.25. The van der Waals surface area contributed by atoms with Gasteiger partial charge < -0.3 is 15.5 Å². The number of fused-ring (bicyclic) bond motifs is 1. The van der Waals surface area contributed by atoms with Crippen molar-refractivity contribution in [2.24, 2.45) is 5.73 Å². The average Bonchev–Trinajstić information content (AvgIpc) is 2.73. The van der Waals surface area contributed by atoms with E-state index >= 15 is 0 Å². The molecule has 78 valence electrons. The minimum Gasteiger partial charge on any atom is -0.496 e. The molecule has 0 amide bonds. The molecule has 0 aliphatic heterocycles. The van der Waals surface area contributed by atoms with Crippen LogP contribution in [0, 0.1) is 0 Å². The lowest BCUT2D eigenvalue weighted by Gasteiger charge is -2.06. The number of aromatic nitrogens is 1. The SMILES string of the molecule is COc1cc2cc[nH]c2cc1C(=O)CN. The maximum Gasteiger partial charge on any atom is 0.180 e. The number of nitrogens with two attached hydrogens (primary N) is 1. The lowest BCUT2D eigenvalue weighted by atomic mass is 10.1. The quantitative estimate of drug-likeness (QED) is 0.741. The molecule has 1 aromatic heterocycles. The summed E-state index contributed by atoms with van der Waals surface area (Å²) in [4.78, 5) is 14.6. The number of ether oxygens (including phenoxy) is 1. The molecule has 0 radical (unpaired) electrons. The van der Waals surface area contributed by atoms with Gasteiger partial charge in [-0.15, -0.1) is 0 Å². The molecule has 0 bridgehead atoms. The molecule has 4 nitrogen and oxygen atoms in total. The fourth-order valence-corrected chi connectivity index (χ4v) is 1.58. The zero-order chi connectivity index (χ0) is 10.8. The number of carbonyl (C=O) groups is 1. The van der Waals surface area contributed by atoms with Crippen molar-refractivity contribution in [3.8, 4) is 5.75 Å². The van der Waals surface area contributed by atoms with E-state index in [-0.39, 0.29) is 12.3 Å². The number of nitrogens with one attached hydrogen (secondary N) is 1. The van der Waals surface area contributed by atoms with Crippen molar-refractivity contribution in [3.63, 3.8) is 0 Å². The number of carbonyl (C=O) groups excluding carboxylic acids is 1. The smallest absolute Gasteiger partial charge is 0.180 e. The number of aromatic amines is 1. The van der Waals surface area contributed by atoms with E-state index in [1.807, 2.05) is 18.3 Å². The van der Waals surface area contributed by atoms with Crippen LogP contribution in [0.4, 0.5) is 0 Å². The molecule has 0 aliphatic rings. The largest absolute Gasteiger partial charge is 0.496 e. The summed E-state index contributed by atoms with van der Waals surface area (Å²) in [6.45, 7) is -0.0113. The Morgan fingerprint density at radius 3 is 3.00 bits per heavy atom. The van der Waals surface area contributed by atoms with Crippen LogP contribution >= 0.6 is 0 Å². The van der Waals surface area contributed by atoms with E-state index in [4.69, 9.17) is 10.5 Å². The highest BCUT2D eigenvalue weighted by atomic mass is 16.5. The Labute approximate surface area is 87.0 Å². The molecular formula is C11H12N2O2. The van der Waals surface area contributed by atoms with Crippen LogP contribution in [0.1, 0.15) is 10.4 Å². The topological polar surface area (TPSA) is 68.1 Å². The molecule has 1 aromatic carbocycles. The van der Waals surface area contributed by atoms with Crippen LogP contribution in [0.15, 0.2) is 24.4 Å². The Bertz CT molecular complexity index is 502. The fourth-order valence-electron chi connectivity index (χ4n) is 1.58. The van der Waals surface area contributed by atoms with Crippen molar-refractivity contribution < 1.29 is 9.53 Å². The second kappa shape index (κ2) is 3.74. The van der Waals surface area contributed by atoms with Gasteiger partial charge >= 0.3 is 0 Å². The molecule has 0 fully saturated rings. The van der Waals surface area contributed by atoms with E-state index in [0.717, 1.165) is 10.9 Å². The standard InChI is InChI=1S/C11H12N2O2/c1-15-11-4-7-2-3-13-9(7)5-8(11)10(14)6-12/h2-5,13H,6,12H2,1H3. The van der Waals surface area contributed by atoms with Crippen molar-refractivity contribution in [1.29, 1.82) is 0 Å². The Balaban J connectivity index is 2.64. The summed E-state index contributed by atoms with van der Waals surface area (Å²) in [5.74, 6) is 0.445. The van der Waals surface area contributed by atoms with Gasteiger partial charge in [0.2, 0.25) is 0 Å². The van der Waals surface area contributed by atoms with Gasteiger partial charge in [-0.25, -0.2) is 0 Å². The third kappa shape index (κ3) is 1.59. The van der Waals surface area contributed by atoms with Gasteiger partial charge in [-0.05, 0) is 18.2 Å². The molecule has 0 atom stereocenters. The van der Waals surface area contributed by atoms with Gasteiger partial charge in [0, 0.05) is 17.1 Å². The van der Waals surface area contributed by atoms with Crippen LogP contribution in [0.2, 0.25) is 0 Å². The summed E-state index contributed by atoms with van der Waals surface area (Å²) < 4.78 is 5.16. The van der Waals surface area contributed by atoms with Crippen molar-refractivity contribution in [2.75, 3.05) is 13.7 Å². The van der Waals surface area contributed by atoms with Gasteiger partial charge in [0.1, 0.15) is 5.75 Å². The number of hydrogen-bond acceptors (Lipinski definition) is 3. The van der Waals surface area contributed by atoms with Crippen LogP contribution in [0.25, 0.3) is 10.9 Å². The molecule has 0 spiro atoms. The number of rotatable bonds is 3. The van der Waals surface area contributed by atoms with Gasteiger partial charge in [0.05, 0.1) is 19.2 Å². The van der Waals surface area contributed by atoms with Gasteiger partial charge in [0.15, 0.2) is 5.78 Å². The summed E-state index contributed by atoms with van der Waals surface area (Å²) in [5, 5.41) is 1.01. The van der Waals surface area contributed by atoms with Crippen molar-refractivity contribution >= 4 is 16.7 Å². The predicted octanol–water partition coefficient (Wildman–Crippen LogP) is 1.32. The summed E-state index contributed by atoms with van der Waals surface area (Å²) in [6, 6.07) is 5.52. The fraction of sp³-hybridized carbons (Fsp3) is 0.182. The molecule has 2 aromatic rings. The molecule has 0 unspecified atom stereocenters. The second-order valence-electron chi connectivity index (χ2n) is 3.24. The predicted molar refractivity (Wildman–Crippen MR) is 58.2 cm³/mol. The van der Waals surface area contributed by atoms with E-state index in [1.165, 1.54) is 0 Å². The zero-order valence-corrected chi connectivity index (χ0v) is 8.41. The lowest BCUT2D eigenvalue weighted by Crippen LogP contribution is -2.14. The summed E-state index contributed by atoms with van der Waals surface area (Å²) in [7, 11) is 1.54. The molecule has 0 saturated carbocycles. The number of methoxy groups -OCH3 is 1. The van der Waals surface area contributed by atoms with Crippen molar-refractivity contribution in [3.05, 3.63) is 30.0 Å². The molecule has 15 heavy (non-hydrogen) atoms. The number of ketones is 1. The molecule has 0 aliphatic carbocycles. The number of benzene rings is 1. The van der Waals surface area contributed by atoms with E-state index in [2.05, 4.69) is 4.98 Å². The molecule has 4 heteroatoms. The van der Waals surface area contributed by atoms with Gasteiger partial charge in [-0.1, -0.05) is 0 Å². The second-order valence-corrected chi connectivity index (χ2v) is 3.24. The summed E-state index contributed by atoms with van der Waals surface area (Å²) >= 11 is 0. The molecule has 2 rings (SSSR count). The molecule has 0 saturated heterocycles.